The van der Waals surface area contributed by atoms with Crippen LogP contribution in [-0.4, -0.2) is 9.67 Å². The van der Waals surface area contributed by atoms with Crippen molar-refractivity contribution in [2.45, 2.75) is 20.1 Å². The fourth-order valence-corrected chi connectivity index (χ4v) is 3.59. The zero-order valence-electron chi connectivity index (χ0n) is 11.8. The van der Waals surface area contributed by atoms with Gasteiger partial charge >= 0.3 is 0 Å². The van der Waals surface area contributed by atoms with E-state index < -0.39 is 6.23 Å². The van der Waals surface area contributed by atoms with Gasteiger partial charge < -0.3 is 9.67 Å². The summed E-state index contributed by atoms with van der Waals surface area (Å²) in [5.41, 5.74) is 4.37. The predicted octanol–water partition coefficient (Wildman–Crippen LogP) is 5.65. The van der Waals surface area contributed by atoms with Crippen LogP contribution in [0.2, 0.25) is 0 Å². The minimum Gasteiger partial charge on any atom is -0.374 e. The molecule has 1 atom stereocenters. The Kier molecular flexibility index (Phi) is 3.95. The van der Waals surface area contributed by atoms with Crippen molar-refractivity contribution in [3.05, 3.63) is 57.0 Å². The lowest BCUT2D eigenvalue weighted by Gasteiger charge is -2.15. The summed E-state index contributed by atoms with van der Waals surface area (Å²) in [4.78, 5) is 0. The van der Waals surface area contributed by atoms with Gasteiger partial charge in [-0.15, -0.1) is 0 Å². The topological polar surface area (TPSA) is 25.2 Å². The Bertz CT molecular complexity index is 821. The van der Waals surface area contributed by atoms with Gasteiger partial charge in [0.15, 0.2) is 0 Å². The van der Waals surface area contributed by atoms with E-state index in [2.05, 4.69) is 63.0 Å². The Balaban J connectivity index is 2.33. The Morgan fingerprint density at radius 1 is 1.00 bits per heavy atom. The third kappa shape index (κ3) is 2.68. The number of halogens is 2. The van der Waals surface area contributed by atoms with Gasteiger partial charge in [0.05, 0.1) is 11.2 Å². The summed E-state index contributed by atoms with van der Waals surface area (Å²) in [5, 5.41) is 11.3. The van der Waals surface area contributed by atoms with E-state index >= 15 is 0 Å². The second-order valence-electron chi connectivity index (χ2n) is 5.19. The molecule has 1 N–H and O–H groups in total. The normalized spacial score (nSPS) is 12.8. The van der Waals surface area contributed by atoms with Gasteiger partial charge in [0.25, 0.3) is 0 Å². The molecule has 108 valence electrons. The van der Waals surface area contributed by atoms with Crippen molar-refractivity contribution in [2.75, 3.05) is 0 Å². The first-order chi connectivity index (χ1) is 9.97. The van der Waals surface area contributed by atoms with Crippen molar-refractivity contribution in [1.29, 1.82) is 0 Å². The maximum Gasteiger partial charge on any atom is 0.128 e. The molecule has 0 aliphatic rings. The zero-order valence-corrected chi connectivity index (χ0v) is 14.9. The van der Waals surface area contributed by atoms with Crippen molar-refractivity contribution in [3.8, 4) is 11.3 Å². The van der Waals surface area contributed by atoms with Crippen LogP contribution in [0.25, 0.3) is 22.2 Å². The molecule has 0 saturated heterocycles. The summed E-state index contributed by atoms with van der Waals surface area (Å²) in [6, 6.07) is 14.4. The number of nitrogens with zero attached hydrogens (tertiary/aromatic N) is 1. The van der Waals surface area contributed by atoms with Crippen molar-refractivity contribution < 1.29 is 5.11 Å². The number of hydrogen-bond acceptors (Lipinski definition) is 1. The molecule has 0 aliphatic heterocycles. The molecule has 0 saturated carbocycles. The number of aromatic nitrogens is 1. The Hall–Kier alpha value is -1.10. The van der Waals surface area contributed by atoms with Crippen LogP contribution in [0.4, 0.5) is 0 Å². The third-order valence-corrected chi connectivity index (χ3v) is 4.63. The van der Waals surface area contributed by atoms with Crippen LogP contribution in [-0.2, 0) is 0 Å². The highest BCUT2D eigenvalue weighted by molar-refractivity contribution is 9.10. The SMILES string of the molecule is Cc1cc(Br)ccc1-c1cc2cc(Br)ccc2n1[C@H](C)O. The van der Waals surface area contributed by atoms with E-state index in [0.717, 1.165) is 31.1 Å². The van der Waals surface area contributed by atoms with Gasteiger partial charge in [0.1, 0.15) is 6.23 Å². The Labute approximate surface area is 140 Å². The molecule has 1 heterocycles. The highest BCUT2D eigenvalue weighted by Gasteiger charge is 2.15. The van der Waals surface area contributed by atoms with Crippen molar-refractivity contribution in [1.82, 2.24) is 4.57 Å². The average molecular weight is 409 g/mol. The van der Waals surface area contributed by atoms with Crippen LogP contribution in [0.15, 0.2) is 51.4 Å². The van der Waals surface area contributed by atoms with Crippen molar-refractivity contribution in [3.63, 3.8) is 0 Å². The van der Waals surface area contributed by atoms with Gasteiger partial charge in [-0.2, -0.15) is 0 Å². The quantitative estimate of drug-likeness (QED) is 0.582. The molecule has 0 amide bonds. The van der Waals surface area contributed by atoms with Gasteiger partial charge in [0.2, 0.25) is 0 Å². The zero-order chi connectivity index (χ0) is 15.1. The molecular weight excluding hydrogens is 394 g/mol. The summed E-state index contributed by atoms with van der Waals surface area (Å²) in [7, 11) is 0. The molecule has 0 radical (unpaired) electrons. The minimum absolute atomic E-state index is 0.582. The van der Waals surface area contributed by atoms with E-state index in [1.807, 2.05) is 22.8 Å². The van der Waals surface area contributed by atoms with Gasteiger partial charge in [-0.05, 0) is 55.8 Å². The third-order valence-electron chi connectivity index (χ3n) is 3.64. The highest BCUT2D eigenvalue weighted by atomic mass is 79.9. The summed E-state index contributed by atoms with van der Waals surface area (Å²) < 4.78 is 4.07. The molecule has 1 aromatic heterocycles. The van der Waals surface area contributed by atoms with E-state index in [9.17, 15) is 5.11 Å². The number of hydrogen-bond donors (Lipinski definition) is 1. The molecule has 3 aromatic rings. The molecular formula is C17H15Br2NO. The number of aliphatic hydroxyl groups excluding tert-OH is 1. The molecule has 0 bridgehead atoms. The molecule has 2 aromatic carbocycles. The van der Waals surface area contributed by atoms with E-state index in [0.29, 0.717) is 0 Å². The fourth-order valence-electron chi connectivity index (χ4n) is 2.73. The maximum atomic E-state index is 10.2. The van der Waals surface area contributed by atoms with E-state index in [4.69, 9.17) is 0 Å². The lowest BCUT2D eigenvalue weighted by Crippen LogP contribution is -2.05. The predicted molar refractivity (Wildman–Crippen MR) is 94.4 cm³/mol. The molecule has 0 spiro atoms. The summed E-state index contributed by atoms with van der Waals surface area (Å²) in [6.07, 6.45) is -0.582. The van der Waals surface area contributed by atoms with Gasteiger partial charge in [-0.25, -0.2) is 0 Å². The Morgan fingerprint density at radius 2 is 1.67 bits per heavy atom. The Morgan fingerprint density at radius 3 is 2.33 bits per heavy atom. The average Bonchev–Trinajstić information content (AvgIpc) is 2.76. The highest BCUT2D eigenvalue weighted by Crippen LogP contribution is 2.34. The van der Waals surface area contributed by atoms with Crippen LogP contribution >= 0.6 is 31.9 Å². The summed E-state index contributed by atoms with van der Waals surface area (Å²) in [5.74, 6) is 0. The summed E-state index contributed by atoms with van der Waals surface area (Å²) in [6.45, 7) is 3.87. The second kappa shape index (κ2) is 5.59. The first-order valence-corrected chi connectivity index (χ1v) is 8.31. The number of benzene rings is 2. The molecule has 2 nitrogen and oxygen atoms in total. The van der Waals surface area contributed by atoms with E-state index in [1.165, 1.54) is 5.56 Å². The van der Waals surface area contributed by atoms with Crippen LogP contribution in [0, 0.1) is 6.92 Å². The van der Waals surface area contributed by atoms with Crippen LogP contribution in [0.3, 0.4) is 0 Å². The van der Waals surface area contributed by atoms with Gasteiger partial charge in [-0.3, -0.25) is 0 Å². The first-order valence-electron chi connectivity index (χ1n) is 6.72. The standard InChI is InChI=1S/C17H15Br2NO/c1-10-7-13(18)3-5-15(10)17-9-12-8-14(19)4-6-16(12)20(17)11(2)21/h3-9,11,21H,1-2H3/t11-/m0/s1. The van der Waals surface area contributed by atoms with Crippen LogP contribution in [0.5, 0.6) is 0 Å². The number of aryl methyl sites for hydroxylation is 1. The van der Waals surface area contributed by atoms with Crippen LogP contribution < -0.4 is 0 Å². The summed E-state index contributed by atoms with van der Waals surface area (Å²) >= 11 is 7.00. The smallest absolute Gasteiger partial charge is 0.128 e. The number of fused-ring (bicyclic) bond motifs is 1. The fraction of sp³-hybridized carbons (Fsp3) is 0.176. The maximum absolute atomic E-state index is 10.2. The second-order valence-corrected chi connectivity index (χ2v) is 7.03. The number of rotatable bonds is 2. The van der Waals surface area contributed by atoms with Crippen LogP contribution in [0.1, 0.15) is 18.7 Å². The van der Waals surface area contributed by atoms with Crippen molar-refractivity contribution >= 4 is 42.8 Å². The number of aliphatic hydroxyl groups is 1. The molecule has 4 heteroatoms. The van der Waals surface area contributed by atoms with Gasteiger partial charge in [-0.1, -0.05) is 37.9 Å². The van der Waals surface area contributed by atoms with E-state index in [1.54, 1.807) is 6.92 Å². The van der Waals surface area contributed by atoms with Gasteiger partial charge in [0, 0.05) is 19.9 Å². The minimum atomic E-state index is -0.582. The lowest BCUT2D eigenvalue weighted by molar-refractivity contribution is 0.131. The monoisotopic (exact) mass is 407 g/mol. The molecule has 0 aliphatic carbocycles. The molecule has 0 fully saturated rings. The molecule has 3 rings (SSSR count). The molecule has 21 heavy (non-hydrogen) atoms. The largest absolute Gasteiger partial charge is 0.374 e. The first kappa shape index (κ1) is 14.8. The molecule has 0 unspecified atom stereocenters. The van der Waals surface area contributed by atoms with E-state index in [-0.39, 0.29) is 0 Å². The lowest BCUT2D eigenvalue weighted by atomic mass is 10.1. The van der Waals surface area contributed by atoms with Crippen molar-refractivity contribution in [2.24, 2.45) is 0 Å².